The van der Waals surface area contributed by atoms with Gasteiger partial charge in [-0.3, -0.25) is 4.98 Å². The molecule has 0 spiro atoms. The number of hydrogen-bond acceptors (Lipinski definition) is 3. The fraction of sp³-hybridized carbons (Fsp3) is 0.267. The first-order valence-electron chi connectivity index (χ1n) is 6.28. The average Bonchev–Trinajstić information content (AvgIpc) is 2.42. The quantitative estimate of drug-likeness (QED) is 0.917. The molecule has 0 aliphatic rings. The van der Waals surface area contributed by atoms with Crippen LogP contribution < -0.4 is 10.1 Å². The summed E-state index contributed by atoms with van der Waals surface area (Å²) in [7, 11) is 1.84. The minimum Gasteiger partial charge on any atom is -0.487 e. The van der Waals surface area contributed by atoms with Crippen LogP contribution in [-0.2, 0) is 13.2 Å². The molecule has 1 aromatic heterocycles. The van der Waals surface area contributed by atoms with Crippen LogP contribution in [0.4, 0.5) is 4.39 Å². The molecular weight excluding hydrogens is 279 g/mol. The molecule has 0 fully saturated rings. The van der Waals surface area contributed by atoms with Crippen LogP contribution in [0.15, 0.2) is 30.3 Å². The molecule has 1 aromatic carbocycles. The van der Waals surface area contributed by atoms with E-state index in [4.69, 9.17) is 16.3 Å². The highest BCUT2D eigenvalue weighted by Gasteiger charge is 2.08. The summed E-state index contributed by atoms with van der Waals surface area (Å²) < 4.78 is 18.9. The summed E-state index contributed by atoms with van der Waals surface area (Å²) in [6.45, 7) is 2.73. The molecule has 5 heteroatoms. The molecule has 1 heterocycles. The number of aryl methyl sites for hydroxylation is 1. The van der Waals surface area contributed by atoms with Gasteiger partial charge in [0.2, 0.25) is 0 Å². The Morgan fingerprint density at radius 1 is 1.30 bits per heavy atom. The molecule has 1 N–H and O–H groups in total. The molecule has 2 aromatic rings. The van der Waals surface area contributed by atoms with Gasteiger partial charge in [-0.1, -0.05) is 11.6 Å². The zero-order chi connectivity index (χ0) is 14.5. The van der Waals surface area contributed by atoms with E-state index in [0.717, 1.165) is 11.4 Å². The zero-order valence-electron chi connectivity index (χ0n) is 11.4. The van der Waals surface area contributed by atoms with Crippen LogP contribution in [0.5, 0.6) is 5.75 Å². The fourth-order valence-corrected chi connectivity index (χ4v) is 2.00. The highest BCUT2D eigenvalue weighted by molar-refractivity contribution is 6.31. The van der Waals surface area contributed by atoms with E-state index in [9.17, 15) is 4.39 Å². The van der Waals surface area contributed by atoms with Gasteiger partial charge in [0.25, 0.3) is 0 Å². The lowest BCUT2D eigenvalue weighted by molar-refractivity contribution is 0.300. The van der Waals surface area contributed by atoms with E-state index in [1.165, 1.54) is 18.2 Å². The van der Waals surface area contributed by atoms with Crippen LogP contribution in [0, 0.1) is 12.7 Å². The van der Waals surface area contributed by atoms with Gasteiger partial charge in [0.05, 0.1) is 5.69 Å². The predicted octanol–water partition coefficient (Wildman–Crippen LogP) is 3.48. The van der Waals surface area contributed by atoms with E-state index < -0.39 is 0 Å². The second-order valence-corrected chi connectivity index (χ2v) is 4.86. The van der Waals surface area contributed by atoms with Gasteiger partial charge in [-0.15, -0.1) is 0 Å². The molecule has 3 nitrogen and oxygen atoms in total. The summed E-state index contributed by atoms with van der Waals surface area (Å²) in [4.78, 5) is 4.42. The number of nitrogens with one attached hydrogen (secondary N) is 1. The molecule has 0 aliphatic heterocycles. The van der Waals surface area contributed by atoms with Crippen molar-refractivity contribution >= 4 is 11.6 Å². The van der Waals surface area contributed by atoms with Crippen molar-refractivity contribution in [2.24, 2.45) is 0 Å². The molecule has 0 amide bonds. The van der Waals surface area contributed by atoms with Gasteiger partial charge >= 0.3 is 0 Å². The monoisotopic (exact) mass is 294 g/mol. The Hall–Kier alpha value is -1.65. The van der Waals surface area contributed by atoms with E-state index in [-0.39, 0.29) is 12.4 Å². The number of hydrogen-bond donors (Lipinski definition) is 1. The lowest BCUT2D eigenvalue weighted by Gasteiger charge is -2.12. The first-order valence-corrected chi connectivity index (χ1v) is 6.66. The van der Waals surface area contributed by atoms with E-state index in [0.29, 0.717) is 22.9 Å². The van der Waals surface area contributed by atoms with Crippen molar-refractivity contribution < 1.29 is 9.13 Å². The van der Waals surface area contributed by atoms with Crippen LogP contribution in [0.25, 0.3) is 0 Å². The lowest BCUT2D eigenvalue weighted by Crippen LogP contribution is -2.10. The third-order valence-corrected chi connectivity index (χ3v) is 3.18. The Kier molecular flexibility index (Phi) is 4.93. The Morgan fingerprint density at radius 2 is 2.10 bits per heavy atom. The van der Waals surface area contributed by atoms with Crippen LogP contribution in [0.3, 0.4) is 0 Å². The van der Waals surface area contributed by atoms with Gasteiger partial charge in [-0.05, 0) is 44.3 Å². The van der Waals surface area contributed by atoms with Crippen LogP contribution in [0.1, 0.15) is 17.0 Å². The number of nitrogens with zero attached hydrogens (tertiary/aromatic N) is 1. The van der Waals surface area contributed by atoms with Crippen LogP contribution in [0.2, 0.25) is 5.02 Å². The van der Waals surface area contributed by atoms with E-state index >= 15 is 0 Å². The predicted molar refractivity (Wildman–Crippen MR) is 77.5 cm³/mol. The molecule has 0 saturated heterocycles. The zero-order valence-corrected chi connectivity index (χ0v) is 12.2. The molecule has 0 unspecified atom stereocenters. The standard InChI is InChI=1S/C15H16ClFN2O/c1-10-3-6-15(14(19-10)8-18-2)20-9-11-7-12(17)4-5-13(11)16/h3-7,18H,8-9H2,1-2H3. The summed E-state index contributed by atoms with van der Waals surface area (Å²) in [6.07, 6.45) is 0. The van der Waals surface area contributed by atoms with Crippen molar-refractivity contribution in [3.8, 4) is 5.75 Å². The van der Waals surface area contributed by atoms with Crippen molar-refractivity contribution in [1.29, 1.82) is 0 Å². The SMILES string of the molecule is CNCc1nc(C)ccc1OCc1cc(F)ccc1Cl. The number of halogens is 2. The maximum atomic E-state index is 13.2. The Balaban J connectivity index is 2.16. The summed E-state index contributed by atoms with van der Waals surface area (Å²) in [5.41, 5.74) is 2.36. The largest absolute Gasteiger partial charge is 0.487 e. The van der Waals surface area contributed by atoms with Gasteiger partial charge < -0.3 is 10.1 Å². The maximum absolute atomic E-state index is 13.2. The van der Waals surface area contributed by atoms with Gasteiger partial charge in [-0.2, -0.15) is 0 Å². The fourth-order valence-electron chi connectivity index (χ4n) is 1.83. The normalized spacial score (nSPS) is 10.6. The molecule has 20 heavy (non-hydrogen) atoms. The van der Waals surface area contributed by atoms with Crippen molar-refractivity contribution in [3.05, 3.63) is 58.1 Å². The Morgan fingerprint density at radius 3 is 2.85 bits per heavy atom. The summed E-state index contributed by atoms with van der Waals surface area (Å²) in [5.74, 6) is 0.343. The van der Waals surface area contributed by atoms with Gasteiger partial charge in [0.1, 0.15) is 18.2 Å². The Labute approximate surface area is 122 Å². The van der Waals surface area contributed by atoms with Crippen molar-refractivity contribution in [2.75, 3.05) is 7.05 Å². The highest BCUT2D eigenvalue weighted by atomic mass is 35.5. The number of aromatic nitrogens is 1. The number of ether oxygens (including phenoxy) is 1. The second-order valence-electron chi connectivity index (χ2n) is 4.45. The topological polar surface area (TPSA) is 34.2 Å². The van der Waals surface area contributed by atoms with Gasteiger partial charge in [0, 0.05) is 22.8 Å². The molecule has 106 valence electrons. The summed E-state index contributed by atoms with van der Waals surface area (Å²) in [6, 6.07) is 7.97. The molecule has 0 bridgehead atoms. The highest BCUT2D eigenvalue weighted by Crippen LogP contribution is 2.22. The van der Waals surface area contributed by atoms with Gasteiger partial charge in [-0.25, -0.2) is 4.39 Å². The van der Waals surface area contributed by atoms with E-state index in [1.54, 1.807) is 0 Å². The molecule has 2 rings (SSSR count). The molecule has 0 radical (unpaired) electrons. The maximum Gasteiger partial charge on any atom is 0.142 e. The number of rotatable bonds is 5. The third-order valence-electron chi connectivity index (χ3n) is 2.81. The first-order chi connectivity index (χ1) is 9.60. The van der Waals surface area contributed by atoms with Crippen molar-refractivity contribution in [2.45, 2.75) is 20.1 Å². The smallest absolute Gasteiger partial charge is 0.142 e. The Bertz CT molecular complexity index is 604. The lowest BCUT2D eigenvalue weighted by atomic mass is 10.2. The van der Waals surface area contributed by atoms with Crippen LogP contribution in [-0.4, -0.2) is 12.0 Å². The second kappa shape index (κ2) is 6.68. The average molecular weight is 295 g/mol. The summed E-state index contributed by atoms with van der Waals surface area (Å²) in [5, 5.41) is 3.53. The van der Waals surface area contributed by atoms with E-state index in [2.05, 4.69) is 10.3 Å². The number of pyridine rings is 1. The summed E-state index contributed by atoms with van der Waals surface area (Å²) >= 11 is 6.01. The first kappa shape index (κ1) is 14.8. The van der Waals surface area contributed by atoms with Crippen LogP contribution >= 0.6 is 11.6 Å². The number of benzene rings is 1. The molecule has 0 atom stereocenters. The van der Waals surface area contributed by atoms with Crippen molar-refractivity contribution in [1.82, 2.24) is 10.3 Å². The van der Waals surface area contributed by atoms with Crippen molar-refractivity contribution in [3.63, 3.8) is 0 Å². The molecule has 0 saturated carbocycles. The molecular formula is C15H16ClFN2O. The molecule has 0 aliphatic carbocycles. The van der Waals surface area contributed by atoms with Gasteiger partial charge in [0.15, 0.2) is 0 Å². The minimum absolute atomic E-state index is 0.206. The minimum atomic E-state index is -0.328. The third kappa shape index (κ3) is 3.68. The van der Waals surface area contributed by atoms with E-state index in [1.807, 2.05) is 26.1 Å².